The van der Waals surface area contributed by atoms with Crippen molar-refractivity contribution in [1.29, 1.82) is 0 Å². The van der Waals surface area contributed by atoms with Crippen LogP contribution in [0.15, 0.2) is 24.3 Å². The maximum Gasteiger partial charge on any atom is 0.00683 e. The highest BCUT2D eigenvalue weighted by atomic mass is 14.9. The predicted octanol–water partition coefficient (Wildman–Crippen LogP) is 3.85. The maximum atomic E-state index is 3.54. The Bertz CT molecular complexity index is 393. The van der Waals surface area contributed by atoms with Crippen LogP contribution in [0.25, 0.3) is 5.57 Å². The lowest BCUT2D eigenvalue weighted by Gasteiger charge is -2.06. The molecule has 17 heavy (non-hydrogen) atoms. The lowest BCUT2D eigenvalue weighted by molar-refractivity contribution is 0.690. The van der Waals surface area contributed by atoms with E-state index in [0.717, 1.165) is 19.0 Å². The van der Waals surface area contributed by atoms with E-state index in [0.29, 0.717) is 0 Å². The standard InChI is InChI=1S/C16H23N/c1-12-9-13(2)11-15(10-12)14(3)5-4-8-17-16-6-7-16/h5,9-11,16-17H,4,6-8H2,1-3H3. The van der Waals surface area contributed by atoms with Gasteiger partial charge in [-0.2, -0.15) is 0 Å². The summed E-state index contributed by atoms with van der Waals surface area (Å²) in [5.74, 6) is 0. The molecule has 1 aromatic carbocycles. The monoisotopic (exact) mass is 229 g/mol. The minimum Gasteiger partial charge on any atom is -0.314 e. The zero-order valence-corrected chi connectivity index (χ0v) is 11.2. The fourth-order valence-corrected chi connectivity index (χ4v) is 2.18. The van der Waals surface area contributed by atoms with Gasteiger partial charge in [0.25, 0.3) is 0 Å². The van der Waals surface area contributed by atoms with Crippen LogP contribution < -0.4 is 5.32 Å². The third kappa shape index (κ3) is 4.01. The van der Waals surface area contributed by atoms with Crippen LogP contribution in [0, 0.1) is 13.8 Å². The van der Waals surface area contributed by atoms with Gasteiger partial charge in [-0.3, -0.25) is 0 Å². The third-order valence-corrected chi connectivity index (χ3v) is 3.28. The van der Waals surface area contributed by atoms with E-state index in [2.05, 4.69) is 50.4 Å². The first-order valence-corrected chi connectivity index (χ1v) is 6.64. The molecule has 0 saturated heterocycles. The second kappa shape index (κ2) is 5.50. The summed E-state index contributed by atoms with van der Waals surface area (Å²) in [5, 5.41) is 3.54. The van der Waals surface area contributed by atoms with E-state index >= 15 is 0 Å². The zero-order chi connectivity index (χ0) is 12.3. The zero-order valence-electron chi connectivity index (χ0n) is 11.2. The Morgan fingerprint density at radius 1 is 1.24 bits per heavy atom. The summed E-state index contributed by atoms with van der Waals surface area (Å²) in [7, 11) is 0. The molecule has 0 aliphatic heterocycles. The molecule has 1 nitrogen and oxygen atoms in total. The number of nitrogens with one attached hydrogen (secondary N) is 1. The summed E-state index contributed by atoms with van der Waals surface area (Å²) in [6.45, 7) is 7.66. The summed E-state index contributed by atoms with van der Waals surface area (Å²) >= 11 is 0. The quantitative estimate of drug-likeness (QED) is 0.756. The molecule has 1 saturated carbocycles. The summed E-state index contributed by atoms with van der Waals surface area (Å²) in [5.41, 5.74) is 5.47. The van der Waals surface area contributed by atoms with Crippen LogP contribution in [0.1, 0.15) is 42.9 Å². The Morgan fingerprint density at radius 3 is 2.47 bits per heavy atom. The van der Waals surface area contributed by atoms with Crippen molar-refractivity contribution in [2.24, 2.45) is 0 Å². The van der Waals surface area contributed by atoms with E-state index in [1.165, 1.54) is 35.1 Å². The highest BCUT2D eigenvalue weighted by Gasteiger charge is 2.19. The van der Waals surface area contributed by atoms with Crippen LogP contribution >= 0.6 is 0 Å². The van der Waals surface area contributed by atoms with Crippen LogP contribution in [0.4, 0.5) is 0 Å². The van der Waals surface area contributed by atoms with E-state index in [-0.39, 0.29) is 0 Å². The number of hydrogen-bond acceptors (Lipinski definition) is 1. The van der Waals surface area contributed by atoms with Crippen LogP contribution in [-0.2, 0) is 0 Å². The molecule has 92 valence electrons. The van der Waals surface area contributed by atoms with Crippen LogP contribution in [0.5, 0.6) is 0 Å². The first kappa shape index (κ1) is 12.4. The molecule has 0 aromatic heterocycles. The highest BCUT2D eigenvalue weighted by Crippen LogP contribution is 2.19. The molecule has 1 aliphatic rings. The second-order valence-corrected chi connectivity index (χ2v) is 5.28. The van der Waals surface area contributed by atoms with Crippen molar-refractivity contribution in [3.63, 3.8) is 0 Å². The average Bonchev–Trinajstić information content (AvgIpc) is 3.06. The van der Waals surface area contributed by atoms with Crippen LogP contribution in [-0.4, -0.2) is 12.6 Å². The lowest BCUT2D eigenvalue weighted by atomic mass is 10.0. The molecular weight excluding hydrogens is 206 g/mol. The first-order valence-electron chi connectivity index (χ1n) is 6.64. The average molecular weight is 229 g/mol. The number of benzene rings is 1. The molecule has 1 fully saturated rings. The van der Waals surface area contributed by atoms with Gasteiger partial charge in [0.15, 0.2) is 0 Å². The molecule has 0 unspecified atom stereocenters. The minimum absolute atomic E-state index is 0.824. The van der Waals surface area contributed by atoms with Gasteiger partial charge in [-0.15, -0.1) is 0 Å². The van der Waals surface area contributed by atoms with Crippen molar-refractivity contribution < 1.29 is 0 Å². The Labute approximate surface area is 105 Å². The fraction of sp³-hybridized carbons (Fsp3) is 0.500. The molecule has 2 rings (SSSR count). The van der Waals surface area contributed by atoms with Gasteiger partial charge >= 0.3 is 0 Å². The van der Waals surface area contributed by atoms with Gasteiger partial charge in [-0.05, 0) is 57.7 Å². The third-order valence-electron chi connectivity index (χ3n) is 3.28. The first-order chi connectivity index (χ1) is 8.15. The number of aryl methyl sites for hydroxylation is 2. The fourth-order valence-electron chi connectivity index (χ4n) is 2.18. The van der Waals surface area contributed by atoms with Gasteiger partial charge in [0.05, 0.1) is 0 Å². The van der Waals surface area contributed by atoms with Crippen LogP contribution in [0.3, 0.4) is 0 Å². The molecule has 0 heterocycles. The SMILES string of the molecule is CC(=CCCNC1CC1)c1cc(C)cc(C)c1. The summed E-state index contributed by atoms with van der Waals surface area (Å²) < 4.78 is 0. The van der Waals surface area contributed by atoms with Crippen molar-refractivity contribution in [3.05, 3.63) is 41.0 Å². The molecule has 1 aromatic rings. The van der Waals surface area contributed by atoms with E-state index in [9.17, 15) is 0 Å². The Morgan fingerprint density at radius 2 is 1.88 bits per heavy atom. The predicted molar refractivity (Wildman–Crippen MR) is 75.2 cm³/mol. The number of allylic oxidation sites excluding steroid dienone is 1. The molecule has 0 atom stereocenters. The lowest BCUT2D eigenvalue weighted by Crippen LogP contribution is -2.16. The Kier molecular flexibility index (Phi) is 4.01. The molecular formula is C16H23N. The van der Waals surface area contributed by atoms with Crippen molar-refractivity contribution in [2.75, 3.05) is 6.54 Å². The normalized spacial score (nSPS) is 16.3. The van der Waals surface area contributed by atoms with Crippen molar-refractivity contribution in [3.8, 4) is 0 Å². The number of rotatable bonds is 5. The Hall–Kier alpha value is -1.08. The van der Waals surface area contributed by atoms with E-state index in [4.69, 9.17) is 0 Å². The van der Waals surface area contributed by atoms with Crippen LogP contribution in [0.2, 0.25) is 0 Å². The Balaban J connectivity index is 1.91. The van der Waals surface area contributed by atoms with Gasteiger partial charge in [0.2, 0.25) is 0 Å². The van der Waals surface area contributed by atoms with E-state index in [1.54, 1.807) is 0 Å². The largest absolute Gasteiger partial charge is 0.314 e. The van der Waals surface area contributed by atoms with Gasteiger partial charge < -0.3 is 5.32 Å². The van der Waals surface area contributed by atoms with Gasteiger partial charge in [0.1, 0.15) is 0 Å². The van der Waals surface area contributed by atoms with Gasteiger partial charge in [-0.25, -0.2) is 0 Å². The molecule has 0 spiro atoms. The second-order valence-electron chi connectivity index (χ2n) is 5.28. The van der Waals surface area contributed by atoms with Crippen molar-refractivity contribution >= 4 is 5.57 Å². The van der Waals surface area contributed by atoms with Gasteiger partial charge in [-0.1, -0.05) is 35.4 Å². The summed E-state index contributed by atoms with van der Waals surface area (Å²) in [6.07, 6.45) is 6.23. The minimum atomic E-state index is 0.824. The molecule has 0 radical (unpaired) electrons. The highest BCUT2D eigenvalue weighted by molar-refractivity contribution is 5.64. The molecule has 1 aliphatic carbocycles. The maximum absolute atomic E-state index is 3.54. The van der Waals surface area contributed by atoms with E-state index in [1.807, 2.05) is 0 Å². The molecule has 1 heteroatoms. The van der Waals surface area contributed by atoms with E-state index < -0.39 is 0 Å². The summed E-state index contributed by atoms with van der Waals surface area (Å²) in [4.78, 5) is 0. The summed E-state index contributed by atoms with van der Waals surface area (Å²) in [6, 6.07) is 7.59. The van der Waals surface area contributed by atoms with Gasteiger partial charge in [0, 0.05) is 6.04 Å². The molecule has 0 amide bonds. The molecule has 1 N–H and O–H groups in total. The molecule has 0 bridgehead atoms. The number of hydrogen-bond donors (Lipinski definition) is 1. The smallest absolute Gasteiger partial charge is 0.00683 e. The van der Waals surface area contributed by atoms with Crippen molar-refractivity contribution in [1.82, 2.24) is 5.32 Å². The topological polar surface area (TPSA) is 12.0 Å². The van der Waals surface area contributed by atoms with Crippen molar-refractivity contribution in [2.45, 2.75) is 46.1 Å².